The molecule has 0 atom stereocenters. The maximum atomic E-state index is 12.3. The van der Waals surface area contributed by atoms with Crippen LogP contribution in [0.15, 0.2) is 42.7 Å². The van der Waals surface area contributed by atoms with E-state index in [1.807, 2.05) is 27.7 Å². The first-order chi connectivity index (χ1) is 17.0. The van der Waals surface area contributed by atoms with Crippen molar-refractivity contribution < 1.29 is 27.7 Å². The Labute approximate surface area is 206 Å². The molecule has 0 saturated carbocycles. The van der Waals surface area contributed by atoms with Gasteiger partial charge in [-0.05, 0) is 25.1 Å². The molecule has 3 rings (SSSR count). The van der Waals surface area contributed by atoms with Gasteiger partial charge in [0, 0.05) is 12.4 Å². The highest BCUT2D eigenvalue weighted by Gasteiger charge is 2.24. The number of para-hydroxylation sites is 2. The summed E-state index contributed by atoms with van der Waals surface area (Å²) in [6.07, 6.45) is 2.99. The maximum absolute atomic E-state index is 12.3. The van der Waals surface area contributed by atoms with Gasteiger partial charge in [0.15, 0.2) is 23.1 Å². The van der Waals surface area contributed by atoms with Crippen LogP contribution in [0.25, 0.3) is 11.6 Å². The Balaban J connectivity index is 0.00000145. The number of ether oxygens (including phenoxy) is 3. The van der Waals surface area contributed by atoms with Gasteiger partial charge in [-0.1, -0.05) is 39.8 Å². The molecule has 192 valence electrons. The Kier molecular flexibility index (Phi) is 13.0. The van der Waals surface area contributed by atoms with Crippen molar-refractivity contribution in [1.82, 2.24) is 19.9 Å². The van der Waals surface area contributed by atoms with E-state index in [1.54, 1.807) is 30.3 Å². The molecule has 35 heavy (non-hydrogen) atoms. The summed E-state index contributed by atoms with van der Waals surface area (Å²) in [5.41, 5.74) is 0. The minimum atomic E-state index is -3.74. The Morgan fingerprint density at radius 1 is 0.943 bits per heavy atom. The number of sulfonamides is 1. The average molecular weight is 508 g/mol. The molecule has 11 nitrogen and oxygen atoms in total. The van der Waals surface area contributed by atoms with Crippen LogP contribution in [0.1, 0.15) is 34.6 Å². The van der Waals surface area contributed by atoms with Crippen molar-refractivity contribution in [1.29, 1.82) is 0 Å². The Morgan fingerprint density at radius 2 is 1.57 bits per heavy atom. The monoisotopic (exact) mass is 507 g/mol. The Morgan fingerprint density at radius 3 is 2.14 bits per heavy atom. The van der Waals surface area contributed by atoms with Gasteiger partial charge in [0.05, 0.1) is 19.5 Å². The van der Waals surface area contributed by atoms with Crippen molar-refractivity contribution in [3.63, 3.8) is 0 Å². The minimum absolute atomic E-state index is 0.00900. The summed E-state index contributed by atoms with van der Waals surface area (Å²) in [5.74, 6) is 0.263. The van der Waals surface area contributed by atoms with Crippen molar-refractivity contribution in [2.24, 2.45) is 0 Å². The summed E-state index contributed by atoms with van der Waals surface area (Å²) in [4.78, 5) is 16.7. The summed E-state index contributed by atoms with van der Waals surface area (Å²) >= 11 is 0. The van der Waals surface area contributed by atoms with Gasteiger partial charge in [0.1, 0.15) is 6.61 Å². The smallest absolute Gasteiger partial charge is 0.263 e. The summed E-state index contributed by atoms with van der Waals surface area (Å²) < 4.78 is 43.7. The number of benzene rings is 1. The van der Waals surface area contributed by atoms with E-state index in [0.29, 0.717) is 5.75 Å². The van der Waals surface area contributed by atoms with Crippen molar-refractivity contribution in [2.45, 2.75) is 34.6 Å². The highest BCUT2D eigenvalue weighted by atomic mass is 32.2. The molecule has 1 aromatic carbocycles. The molecule has 2 N–H and O–H groups in total. The largest absolute Gasteiger partial charge is 0.493 e. The van der Waals surface area contributed by atoms with Crippen LogP contribution < -0.4 is 18.9 Å². The van der Waals surface area contributed by atoms with Crippen LogP contribution in [-0.2, 0) is 10.0 Å². The van der Waals surface area contributed by atoms with Crippen molar-refractivity contribution in [3.05, 3.63) is 42.7 Å². The average Bonchev–Trinajstić information content (AvgIpc) is 2.91. The van der Waals surface area contributed by atoms with Crippen LogP contribution in [-0.4, -0.2) is 59.5 Å². The molecule has 0 amide bonds. The maximum Gasteiger partial charge on any atom is 0.263 e. The lowest BCUT2D eigenvalue weighted by molar-refractivity contribution is 0.192. The fourth-order valence-electron chi connectivity index (χ4n) is 2.38. The van der Waals surface area contributed by atoms with Gasteiger partial charge in [-0.2, -0.15) is 4.98 Å². The van der Waals surface area contributed by atoms with Crippen LogP contribution in [0.5, 0.6) is 23.1 Å². The molecule has 2 aromatic heterocycles. The fourth-order valence-corrected chi connectivity index (χ4v) is 2.96. The van der Waals surface area contributed by atoms with Crippen LogP contribution in [0, 0.1) is 0 Å². The van der Waals surface area contributed by atoms with E-state index in [0.717, 1.165) is 0 Å². The van der Waals surface area contributed by atoms with Crippen molar-refractivity contribution in [3.8, 4) is 34.8 Å². The van der Waals surface area contributed by atoms with Gasteiger partial charge in [0.2, 0.25) is 21.6 Å². The predicted molar refractivity (Wildman–Crippen MR) is 134 cm³/mol. The first-order valence-corrected chi connectivity index (χ1v) is 12.9. The number of aliphatic hydroxyl groups is 1. The molecule has 0 unspecified atom stereocenters. The molecule has 0 fully saturated rings. The quantitative estimate of drug-likeness (QED) is 0.414. The molecule has 2 heterocycles. The van der Waals surface area contributed by atoms with Gasteiger partial charge >= 0.3 is 0 Å². The third-order valence-electron chi connectivity index (χ3n) is 3.84. The highest BCUT2D eigenvalue weighted by Crippen LogP contribution is 2.40. The zero-order valence-electron chi connectivity index (χ0n) is 20.8. The molecule has 0 saturated heterocycles. The van der Waals surface area contributed by atoms with E-state index in [9.17, 15) is 13.5 Å². The van der Waals surface area contributed by atoms with Gasteiger partial charge < -0.3 is 19.3 Å². The fraction of sp³-hybridized carbons (Fsp3) is 0.391. The number of nitrogens with one attached hydrogen (secondary N) is 1. The standard InChI is InChI=1S/C19H21N5O6S.2C2H6/c1-3-31(26,27)24-16-15(30-14-8-5-4-7-13(14)28-2)19(29-12-11-25)23-18(22-16)17-20-9-6-10-21-17;2*1-2/h4-10,25H,3,11-12H2,1-2H3,(H,22,23,24);2*1-2H3. The number of hydrogen-bond donors (Lipinski definition) is 2. The minimum Gasteiger partial charge on any atom is -0.493 e. The molecule has 0 bridgehead atoms. The third kappa shape index (κ3) is 8.65. The predicted octanol–water partition coefficient (Wildman–Crippen LogP) is 3.92. The van der Waals surface area contributed by atoms with E-state index in [-0.39, 0.29) is 53.8 Å². The number of nitrogens with zero attached hydrogens (tertiary/aromatic N) is 4. The summed E-state index contributed by atoms with van der Waals surface area (Å²) in [6.45, 7) is 9.06. The molecule has 0 spiro atoms. The summed E-state index contributed by atoms with van der Waals surface area (Å²) in [7, 11) is -2.27. The summed E-state index contributed by atoms with van der Waals surface area (Å²) in [6, 6.07) is 8.39. The number of methoxy groups -OCH3 is 1. The van der Waals surface area contributed by atoms with Crippen molar-refractivity contribution >= 4 is 15.8 Å². The molecule has 0 radical (unpaired) electrons. The van der Waals surface area contributed by atoms with E-state index in [4.69, 9.17) is 14.2 Å². The van der Waals surface area contributed by atoms with Gasteiger partial charge in [-0.3, -0.25) is 4.72 Å². The van der Waals surface area contributed by atoms with Crippen LogP contribution in [0.2, 0.25) is 0 Å². The number of aromatic nitrogens is 4. The Hall–Kier alpha value is -3.51. The van der Waals surface area contributed by atoms with Crippen LogP contribution >= 0.6 is 0 Å². The molecule has 0 aliphatic heterocycles. The second kappa shape index (κ2) is 15.4. The van der Waals surface area contributed by atoms with Gasteiger partial charge in [-0.25, -0.2) is 23.4 Å². The normalized spacial score (nSPS) is 10.1. The summed E-state index contributed by atoms with van der Waals surface area (Å²) in [5, 5.41) is 9.21. The number of hydrogen-bond acceptors (Lipinski definition) is 10. The van der Waals surface area contributed by atoms with Crippen LogP contribution in [0.3, 0.4) is 0 Å². The first kappa shape index (κ1) is 29.5. The molecule has 0 aliphatic rings. The number of aliphatic hydroxyl groups excluding tert-OH is 1. The van der Waals surface area contributed by atoms with Gasteiger partial charge in [0.25, 0.3) is 5.88 Å². The lowest BCUT2D eigenvalue weighted by atomic mass is 10.3. The third-order valence-corrected chi connectivity index (χ3v) is 5.11. The zero-order valence-corrected chi connectivity index (χ0v) is 21.7. The molecule has 3 aromatic rings. The SMILES string of the molecule is CC.CC.CCS(=O)(=O)Nc1nc(-c2ncccn2)nc(OCCO)c1Oc1ccccc1OC. The lowest BCUT2D eigenvalue weighted by Crippen LogP contribution is -2.18. The Bertz CT molecular complexity index is 1130. The molecular formula is C23H33N5O6S. The van der Waals surface area contributed by atoms with E-state index >= 15 is 0 Å². The number of anilines is 1. The topological polar surface area (TPSA) is 146 Å². The lowest BCUT2D eigenvalue weighted by Gasteiger charge is -2.17. The molecule has 12 heteroatoms. The zero-order chi connectivity index (χ0) is 26.3. The van der Waals surface area contributed by atoms with E-state index in [1.165, 1.54) is 26.4 Å². The van der Waals surface area contributed by atoms with Crippen molar-refractivity contribution in [2.75, 3.05) is 30.8 Å². The molecule has 0 aliphatic carbocycles. The molecular weight excluding hydrogens is 474 g/mol. The van der Waals surface area contributed by atoms with Crippen LogP contribution in [0.4, 0.5) is 5.82 Å². The van der Waals surface area contributed by atoms with Gasteiger partial charge in [-0.15, -0.1) is 0 Å². The van der Waals surface area contributed by atoms with E-state index < -0.39 is 10.0 Å². The second-order valence-electron chi connectivity index (χ2n) is 5.93. The second-order valence-corrected chi connectivity index (χ2v) is 7.94. The highest BCUT2D eigenvalue weighted by molar-refractivity contribution is 7.92. The van der Waals surface area contributed by atoms with E-state index in [2.05, 4.69) is 24.7 Å². The number of rotatable bonds is 10. The first-order valence-electron chi connectivity index (χ1n) is 11.2.